The third-order valence-corrected chi connectivity index (χ3v) is 8.45. The number of pyridine rings is 2. The quantitative estimate of drug-likeness (QED) is 0.578. The predicted octanol–water partition coefficient (Wildman–Crippen LogP) is 2.19. The summed E-state index contributed by atoms with van der Waals surface area (Å²) in [6, 6.07) is 17.6. The van der Waals surface area contributed by atoms with Crippen LogP contribution in [-0.4, -0.2) is 63.3 Å². The SMILES string of the molecule is Cn1c(CN2C[C@H]3C[C@@H](C2)c2cccc(=O)n2C3)cc(=O)c(O)c1CN1CCN(c2ccccc2)CC1. The van der Waals surface area contributed by atoms with Gasteiger partial charge in [-0.2, -0.15) is 0 Å². The van der Waals surface area contributed by atoms with E-state index >= 15 is 0 Å². The van der Waals surface area contributed by atoms with Crippen molar-refractivity contribution in [2.45, 2.75) is 32.0 Å². The molecule has 8 heteroatoms. The van der Waals surface area contributed by atoms with Gasteiger partial charge in [0.25, 0.3) is 5.56 Å². The van der Waals surface area contributed by atoms with Crippen LogP contribution in [0.25, 0.3) is 0 Å². The van der Waals surface area contributed by atoms with E-state index in [0.29, 0.717) is 30.6 Å². The molecule has 0 saturated carbocycles. The van der Waals surface area contributed by atoms with Crippen molar-refractivity contribution in [2.24, 2.45) is 13.0 Å². The maximum atomic E-state index is 12.8. The molecule has 194 valence electrons. The lowest BCUT2D eigenvalue weighted by atomic mass is 9.83. The number of benzene rings is 1. The van der Waals surface area contributed by atoms with Gasteiger partial charge in [-0.25, -0.2) is 0 Å². The van der Waals surface area contributed by atoms with Gasteiger partial charge in [0.15, 0.2) is 5.75 Å². The van der Waals surface area contributed by atoms with Crippen LogP contribution in [0.3, 0.4) is 0 Å². The first-order valence-corrected chi connectivity index (χ1v) is 13.3. The normalized spacial score (nSPS) is 22.1. The Morgan fingerprint density at radius 2 is 1.65 bits per heavy atom. The number of fused-ring (bicyclic) bond motifs is 4. The van der Waals surface area contributed by atoms with Gasteiger partial charge in [0, 0.05) is 101 Å². The highest BCUT2D eigenvalue weighted by atomic mass is 16.3. The van der Waals surface area contributed by atoms with Crippen molar-refractivity contribution in [3.05, 3.63) is 92.3 Å². The van der Waals surface area contributed by atoms with Crippen LogP contribution < -0.4 is 15.9 Å². The molecule has 2 saturated heterocycles. The smallest absolute Gasteiger partial charge is 0.250 e. The van der Waals surface area contributed by atoms with E-state index in [9.17, 15) is 14.7 Å². The van der Waals surface area contributed by atoms with E-state index in [1.165, 1.54) is 5.69 Å². The zero-order valence-electron chi connectivity index (χ0n) is 21.4. The summed E-state index contributed by atoms with van der Waals surface area (Å²) in [5, 5.41) is 10.7. The van der Waals surface area contributed by atoms with Crippen LogP contribution in [0.15, 0.2) is 64.2 Å². The minimum Gasteiger partial charge on any atom is -0.503 e. The number of aromatic nitrogens is 2. The highest BCUT2D eigenvalue weighted by Gasteiger charge is 2.34. The molecule has 3 aliphatic rings. The molecule has 2 bridgehead atoms. The molecule has 1 aromatic carbocycles. The van der Waals surface area contributed by atoms with Crippen molar-refractivity contribution in [3.8, 4) is 5.75 Å². The van der Waals surface area contributed by atoms with Crippen LogP contribution in [0.5, 0.6) is 5.75 Å². The number of aromatic hydroxyl groups is 1. The van der Waals surface area contributed by atoms with Crippen LogP contribution in [-0.2, 0) is 26.7 Å². The fraction of sp³-hybridized carbons (Fsp3) is 0.448. The Balaban J connectivity index is 1.16. The molecular formula is C29H35N5O3. The number of hydrogen-bond acceptors (Lipinski definition) is 6. The molecule has 3 aliphatic heterocycles. The zero-order valence-corrected chi connectivity index (χ0v) is 21.4. The maximum Gasteiger partial charge on any atom is 0.250 e. The van der Waals surface area contributed by atoms with Gasteiger partial charge in [0.1, 0.15) is 0 Å². The van der Waals surface area contributed by atoms with E-state index in [1.54, 1.807) is 12.1 Å². The molecule has 0 unspecified atom stereocenters. The second-order valence-electron chi connectivity index (χ2n) is 10.8. The lowest BCUT2D eigenvalue weighted by molar-refractivity contribution is 0.112. The Morgan fingerprint density at radius 3 is 2.43 bits per heavy atom. The molecule has 0 radical (unpaired) electrons. The number of hydrogen-bond donors (Lipinski definition) is 1. The van der Waals surface area contributed by atoms with Gasteiger partial charge in [0.2, 0.25) is 5.43 Å². The van der Waals surface area contributed by atoms with Gasteiger partial charge < -0.3 is 19.1 Å². The van der Waals surface area contributed by atoms with Crippen LogP contribution in [0, 0.1) is 5.92 Å². The summed E-state index contributed by atoms with van der Waals surface area (Å²) in [6.45, 7) is 7.33. The third kappa shape index (κ3) is 4.71. The Hall–Kier alpha value is -3.36. The summed E-state index contributed by atoms with van der Waals surface area (Å²) in [7, 11) is 1.96. The van der Waals surface area contributed by atoms with E-state index in [0.717, 1.165) is 63.6 Å². The largest absolute Gasteiger partial charge is 0.503 e. The molecule has 6 rings (SSSR count). The van der Waals surface area contributed by atoms with Crippen molar-refractivity contribution in [3.63, 3.8) is 0 Å². The van der Waals surface area contributed by atoms with E-state index in [-0.39, 0.29) is 16.7 Å². The number of rotatable bonds is 5. The molecule has 0 spiro atoms. The van der Waals surface area contributed by atoms with Crippen molar-refractivity contribution >= 4 is 5.69 Å². The summed E-state index contributed by atoms with van der Waals surface area (Å²) in [4.78, 5) is 32.2. The van der Waals surface area contributed by atoms with Crippen molar-refractivity contribution in [1.29, 1.82) is 0 Å². The lowest BCUT2D eigenvalue weighted by Crippen LogP contribution is -2.47. The third-order valence-electron chi connectivity index (χ3n) is 8.45. The Morgan fingerprint density at radius 1 is 0.865 bits per heavy atom. The minimum absolute atomic E-state index is 0.0934. The standard InChI is InChI=1S/C29H35N5O3/c1-30-24(19-32-16-21-14-22(18-32)25-8-5-9-28(36)34(25)17-21)15-27(35)29(37)26(30)20-31-10-12-33(13-11-31)23-6-3-2-4-7-23/h2-9,15,21-22,37H,10-14,16-20H2,1H3/t21-,22+/m1/s1. The number of piperazine rings is 1. The molecule has 0 aliphatic carbocycles. The van der Waals surface area contributed by atoms with Crippen LogP contribution in [0.2, 0.25) is 0 Å². The number of anilines is 1. The molecule has 3 aromatic rings. The first-order chi connectivity index (χ1) is 18.0. The number of likely N-dealkylation sites (tertiary alicyclic amines) is 1. The molecule has 37 heavy (non-hydrogen) atoms. The fourth-order valence-electron chi connectivity index (χ4n) is 6.49. The van der Waals surface area contributed by atoms with Gasteiger partial charge in [-0.05, 0) is 30.5 Å². The number of piperidine rings is 1. The molecule has 8 nitrogen and oxygen atoms in total. The van der Waals surface area contributed by atoms with Gasteiger partial charge >= 0.3 is 0 Å². The fourth-order valence-corrected chi connectivity index (χ4v) is 6.49. The second kappa shape index (κ2) is 9.84. The Labute approximate surface area is 217 Å². The molecule has 1 N–H and O–H groups in total. The highest BCUT2D eigenvalue weighted by Crippen LogP contribution is 2.35. The van der Waals surface area contributed by atoms with Gasteiger partial charge in [-0.3, -0.25) is 19.4 Å². The zero-order chi connectivity index (χ0) is 25.5. The van der Waals surface area contributed by atoms with Crippen LogP contribution >= 0.6 is 0 Å². The lowest BCUT2D eigenvalue weighted by Gasteiger charge is -2.43. The van der Waals surface area contributed by atoms with Gasteiger partial charge in [-0.15, -0.1) is 0 Å². The van der Waals surface area contributed by atoms with E-state index in [1.807, 2.05) is 28.3 Å². The molecular weight excluding hydrogens is 466 g/mol. The van der Waals surface area contributed by atoms with Crippen LogP contribution in [0.1, 0.15) is 29.4 Å². The highest BCUT2D eigenvalue weighted by molar-refractivity contribution is 5.46. The first kappa shape index (κ1) is 24.0. The topological polar surface area (TPSA) is 73.9 Å². The molecule has 2 fully saturated rings. The maximum absolute atomic E-state index is 12.8. The molecule has 5 heterocycles. The Kier molecular flexibility index (Phi) is 6.38. The monoisotopic (exact) mass is 501 g/mol. The summed E-state index contributed by atoms with van der Waals surface area (Å²) in [6.07, 6.45) is 1.11. The van der Waals surface area contributed by atoms with E-state index in [4.69, 9.17) is 0 Å². The number of nitrogens with zero attached hydrogens (tertiary/aromatic N) is 5. The molecule has 2 atom stereocenters. The summed E-state index contributed by atoms with van der Waals surface area (Å²) < 4.78 is 3.96. The van der Waals surface area contributed by atoms with Gasteiger partial charge in [0.05, 0.1) is 5.69 Å². The molecule has 0 amide bonds. The second-order valence-corrected chi connectivity index (χ2v) is 10.8. The number of para-hydroxylation sites is 1. The van der Waals surface area contributed by atoms with Crippen molar-refractivity contribution < 1.29 is 5.11 Å². The summed E-state index contributed by atoms with van der Waals surface area (Å²) >= 11 is 0. The van der Waals surface area contributed by atoms with Crippen molar-refractivity contribution in [1.82, 2.24) is 18.9 Å². The molecule has 2 aromatic heterocycles. The summed E-state index contributed by atoms with van der Waals surface area (Å²) in [5.41, 5.74) is 3.76. The van der Waals surface area contributed by atoms with Crippen molar-refractivity contribution in [2.75, 3.05) is 44.2 Å². The minimum atomic E-state index is -0.305. The van der Waals surface area contributed by atoms with Gasteiger partial charge in [-0.1, -0.05) is 24.3 Å². The Bertz CT molecular complexity index is 1390. The van der Waals surface area contributed by atoms with E-state index < -0.39 is 0 Å². The van der Waals surface area contributed by atoms with E-state index in [2.05, 4.69) is 45.0 Å². The predicted molar refractivity (Wildman–Crippen MR) is 144 cm³/mol. The van der Waals surface area contributed by atoms with Crippen LogP contribution in [0.4, 0.5) is 5.69 Å². The summed E-state index contributed by atoms with van der Waals surface area (Å²) in [5.74, 6) is 0.623. The average molecular weight is 502 g/mol. The first-order valence-electron chi connectivity index (χ1n) is 13.3. The average Bonchev–Trinajstić information content (AvgIpc) is 2.91.